The Hall–Kier alpha value is -0.640. The summed E-state index contributed by atoms with van der Waals surface area (Å²) in [5.74, 6) is 0.703. The van der Waals surface area contributed by atoms with Gasteiger partial charge in [0, 0.05) is 5.75 Å². The van der Waals surface area contributed by atoms with E-state index >= 15 is 0 Å². The predicted molar refractivity (Wildman–Crippen MR) is 46.1 cm³/mol. The molecule has 0 N–H and O–H groups in total. The lowest BCUT2D eigenvalue weighted by molar-refractivity contribution is -0.118. The van der Waals surface area contributed by atoms with Crippen LogP contribution in [0.3, 0.4) is 0 Å². The topological polar surface area (TPSA) is 62.7 Å². The Balaban J connectivity index is 2.49. The Kier molecular flexibility index (Phi) is 3.03. The molecule has 12 heavy (non-hydrogen) atoms. The lowest BCUT2D eigenvalue weighted by atomic mass is 10.2. The molecule has 1 aliphatic heterocycles. The van der Waals surface area contributed by atoms with Gasteiger partial charge in [-0.2, -0.15) is 4.79 Å². The minimum absolute atomic E-state index is 0.214. The molecule has 1 fully saturated rings. The molecule has 0 aliphatic carbocycles. The Labute approximate surface area is 74.9 Å². The van der Waals surface area contributed by atoms with E-state index in [-0.39, 0.29) is 12.2 Å². The summed E-state index contributed by atoms with van der Waals surface area (Å²) in [5.41, 5.74) is 8.10. The van der Waals surface area contributed by atoms with E-state index in [1.54, 1.807) is 11.8 Å². The summed E-state index contributed by atoms with van der Waals surface area (Å²) in [6.07, 6.45) is 1.18. The third-order valence-corrected chi connectivity index (χ3v) is 2.84. The molecule has 1 atom stereocenters. The maximum atomic E-state index is 11.0. The molecule has 1 rings (SSSR count). The van der Waals surface area contributed by atoms with Crippen LogP contribution in [0.1, 0.15) is 13.3 Å². The van der Waals surface area contributed by atoms with Gasteiger partial charge < -0.3 is 10.3 Å². The van der Waals surface area contributed by atoms with E-state index in [2.05, 4.69) is 4.79 Å². The number of carbonyl (C=O) groups is 1. The molecule has 1 unspecified atom stereocenters. The molecule has 0 radical (unpaired) electrons. The van der Waals surface area contributed by atoms with Crippen LogP contribution >= 0.6 is 11.8 Å². The van der Waals surface area contributed by atoms with E-state index < -0.39 is 4.93 Å². The first kappa shape index (κ1) is 9.45. The van der Waals surface area contributed by atoms with Gasteiger partial charge in [-0.05, 0) is 6.92 Å². The molecule has 1 aliphatic rings. The minimum Gasteiger partial charge on any atom is -0.363 e. The van der Waals surface area contributed by atoms with Crippen molar-refractivity contribution in [3.8, 4) is 0 Å². The van der Waals surface area contributed by atoms with Crippen molar-refractivity contribution in [2.75, 3.05) is 12.4 Å². The van der Waals surface area contributed by atoms with Gasteiger partial charge in [0.25, 0.3) is 0 Å². The van der Waals surface area contributed by atoms with Crippen molar-refractivity contribution in [2.45, 2.75) is 18.3 Å². The van der Waals surface area contributed by atoms with Gasteiger partial charge in [-0.15, -0.1) is 11.8 Å². The number of ether oxygens (including phenoxy) is 1. The highest BCUT2D eigenvalue weighted by Crippen LogP contribution is 2.35. The molecule has 66 valence electrons. The van der Waals surface area contributed by atoms with Crippen molar-refractivity contribution in [3.05, 3.63) is 5.53 Å². The Morgan fingerprint density at radius 2 is 2.67 bits per heavy atom. The molecular formula is C7H10N2O2S. The van der Waals surface area contributed by atoms with Crippen LogP contribution in [0.2, 0.25) is 0 Å². The summed E-state index contributed by atoms with van der Waals surface area (Å²) in [6, 6.07) is 0. The van der Waals surface area contributed by atoms with Gasteiger partial charge in [0.15, 0.2) is 0 Å². The molecule has 5 heteroatoms. The quantitative estimate of drug-likeness (QED) is 0.371. The van der Waals surface area contributed by atoms with Crippen molar-refractivity contribution in [1.29, 1.82) is 0 Å². The maximum Gasteiger partial charge on any atom is 0.323 e. The van der Waals surface area contributed by atoms with Crippen molar-refractivity contribution in [1.82, 2.24) is 0 Å². The highest BCUT2D eigenvalue weighted by molar-refractivity contribution is 8.00. The number of ketones is 1. The van der Waals surface area contributed by atoms with E-state index in [1.165, 1.54) is 0 Å². The second-order valence-corrected chi connectivity index (χ2v) is 4.28. The van der Waals surface area contributed by atoms with E-state index in [9.17, 15) is 4.79 Å². The summed E-state index contributed by atoms with van der Waals surface area (Å²) >= 11 is 1.61. The summed E-state index contributed by atoms with van der Waals surface area (Å²) in [7, 11) is 0. The third kappa shape index (κ3) is 2.44. The summed E-state index contributed by atoms with van der Waals surface area (Å²) < 4.78 is 5.36. The van der Waals surface area contributed by atoms with Gasteiger partial charge >= 0.3 is 6.21 Å². The number of rotatable bonds is 3. The second-order valence-electron chi connectivity index (χ2n) is 2.72. The highest BCUT2D eigenvalue weighted by atomic mass is 32.2. The van der Waals surface area contributed by atoms with Crippen LogP contribution in [0.15, 0.2) is 0 Å². The van der Waals surface area contributed by atoms with Gasteiger partial charge in [0.05, 0.1) is 13.0 Å². The first-order valence-electron chi connectivity index (χ1n) is 3.64. The van der Waals surface area contributed by atoms with Crippen LogP contribution in [0, 0.1) is 0 Å². The number of thioether (sulfide) groups is 1. The van der Waals surface area contributed by atoms with Crippen LogP contribution in [-0.4, -0.2) is 34.1 Å². The minimum atomic E-state index is -0.418. The summed E-state index contributed by atoms with van der Waals surface area (Å²) in [6.45, 7) is 2.55. The molecule has 0 spiro atoms. The Morgan fingerprint density at radius 3 is 3.17 bits per heavy atom. The first-order chi connectivity index (χ1) is 5.66. The fourth-order valence-electron chi connectivity index (χ4n) is 1.09. The van der Waals surface area contributed by atoms with Gasteiger partial charge in [-0.1, -0.05) is 0 Å². The van der Waals surface area contributed by atoms with E-state index in [4.69, 9.17) is 10.3 Å². The SMILES string of the molecule is CC1(CC(=O)C=[N+]=[N-])OCCS1. The fourth-order valence-corrected chi connectivity index (χ4v) is 2.09. The molecule has 0 aromatic carbocycles. The average Bonchev–Trinajstić information content (AvgIpc) is 2.36. The van der Waals surface area contributed by atoms with E-state index in [0.717, 1.165) is 12.0 Å². The number of hydrogen-bond donors (Lipinski definition) is 0. The average molecular weight is 186 g/mol. The van der Waals surface area contributed by atoms with E-state index in [1.807, 2.05) is 6.92 Å². The van der Waals surface area contributed by atoms with Crippen LogP contribution in [0.4, 0.5) is 0 Å². The Bertz CT molecular complexity index is 230. The zero-order chi connectivity index (χ0) is 9.03. The maximum absolute atomic E-state index is 11.0. The predicted octanol–water partition coefficient (Wildman–Crippen LogP) is 0.726. The van der Waals surface area contributed by atoms with Gasteiger partial charge in [-0.25, -0.2) is 0 Å². The Morgan fingerprint density at radius 1 is 1.92 bits per heavy atom. The molecular weight excluding hydrogens is 176 g/mol. The monoisotopic (exact) mass is 186 g/mol. The summed E-state index contributed by atoms with van der Waals surface area (Å²) in [5, 5.41) is 0. The molecule has 0 aromatic rings. The molecule has 0 amide bonds. The van der Waals surface area contributed by atoms with Crippen molar-refractivity contribution in [2.24, 2.45) is 0 Å². The lowest BCUT2D eigenvalue weighted by Gasteiger charge is -2.18. The standard InChI is InChI=1S/C7H10N2O2S/c1-7(11-2-3-12-7)4-6(10)5-9-8/h5H,2-4H2,1H3. The van der Waals surface area contributed by atoms with Gasteiger partial charge in [0.1, 0.15) is 4.93 Å². The van der Waals surface area contributed by atoms with Crippen molar-refractivity contribution in [3.63, 3.8) is 0 Å². The molecule has 0 bridgehead atoms. The summed E-state index contributed by atoms with van der Waals surface area (Å²) in [4.78, 5) is 13.3. The van der Waals surface area contributed by atoms with Gasteiger partial charge in [-0.3, -0.25) is 4.79 Å². The third-order valence-electron chi connectivity index (χ3n) is 1.60. The van der Waals surface area contributed by atoms with Crippen LogP contribution < -0.4 is 0 Å². The lowest BCUT2D eigenvalue weighted by Crippen LogP contribution is -2.24. The molecule has 4 nitrogen and oxygen atoms in total. The first-order valence-corrected chi connectivity index (χ1v) is 4.63. The number of hydrogen-bond acceptors (Lipinski definition) is 3. The second kappa shape index (κ2) is 3.85. The molecule has 0 aromatic heterocycles. The molecule has 1 saturated heterocycles. The zero-order valence-electron chi connectivity index (χ0n) is 6.82. The zero-order valence-corrected chi connectivity index (χ0v) is 7.63. The van der Waals surface area contributed by atoms with Crippen LogP contribution in [0.5, 0.6) is 0 Å². The largest absolute Gasteiger partial charge is 0.363 e. The molecule has 1 heterocycles. The van der Waals surface area contributed by atoms with Crippen LogP contribution in [0.25, 0.3) is 5.53 Å². The smallest absolute Gasteiger partial charge is 0.323 e. The fraction of sp³-hybridized carbons (Fsp3) is 0.714. The molecule has 0 saturated carbocycles. The van der Waals surface area contributed by atoms with Crippen molar-refractivity contribution < 1.29 is 14.3 Å². The number of Topliss-reactive ketones (excluding diaryl/α,β-unsaturated/α-hetero) is 1. The normalized spacial score (nSPS) is 28.1. The van der Waals surface area contributed by atoms with E-state index in [0.29, 0.717) is 6.61 Å². The van der Waals surface area contributed by atoms with Crippen molar-refractivity contribution >= 4 is 23.8 Å². The van der Waals surface area contributed by atoms with Crippen LogP contribution in [-0.2, 0) is 9.53 Å². The number of nitrogens with zero attached hydrogens (tertiary/aromatic N) is 2. The number of carbonyl (C=O) groups excluding carboxylic acids is 1. The highest BCUT2D eigenvalue weighted by Gasteiger charge is 2.33. The van der Waals surface area contributed by atoms with Gasteiger partial charge in [0.2, 0.25) is 5.78 Å².